The molecule has 0 saturated carbocycles. The topological polar surface area (TPSA) is 64.1 Å². The SMILES string of the molecule is CCNC(=NCC(C)CSc1ccccc1OC)NCCCOCC1CCOC1.I. The quantitative estimate of drug-likeness (QED) is 0.127. The van der Waals surface area contributed by atoms with Gasteiger partial charge in [0.15, 0.2) is 5.96 Å². The van der Waals surface area contributed by atoms with Crippen LogP contribution in [-0.4, -0.2) is 64.9 Å². The summed E-state index contributed by atoms with van der Waals surface area (Å²) in [6.45, 7) is 10.1. The van der Waals surface area contributed by atoms with Crippen molar-refractivity contribution in [3.05, 3.63) is 24.3 Å². The van der Waals surface area contributed by atoms with Crippen molar-refractivity contribution in [1.82, 2.24) is 10.6 Å². The monoisotopic (exact) mass is 551 g/mol. The molecule has 6 nitrogen and oxygen atoms in total. The minimum atomic E-state index is 0. The lowest BCUT2D eigenvalue weighted by Crippen LogP contribution is -2.38. The molecule has 2 rings (SSSR count). The van der Waals surface area contributed by atoms with E-state index in [1.165, 1.54) is 4.90 Å². The Labute approximate surface area is 203 Å². The van der Waals surface area contributed by atoms with Gasteiger partial charge in [-0.25, -0.2) is 0 Å². The molecule has 2 N–H and O–H groups in total. The van der Waals surface area contributed by atoms with Crippen LogP contribution < -0.4 is 15.4 Å². The van der Waals surface area contributed by atoms with Gasteiger partial charge in [0.05, 0.1) is 20.3 Å². The van der Waals surface area contributed by atoms with Crippen molar-refractivity contribution >= 4 is 41.7 Å². The maximum atomic E-state index is 5.76. The summed E-state index contributed by atoms with van der Waals surface area (Å²) >= 11 is 1.82. The average molecular weight is 552 g/mol. The maximum Gasteiger partial charge on any atom is 0.191 e. The molecule has 0 aromatic heterocycles. The fraction of sp³-hybridized carbons (Fsp3) is 0.682. The van der Waals surface area contributed by atoms with E-state index in [9.17, 15) is 0 Å². The number of nitrogens with one attached hydrogen (secondary N) is 2. The lowest BCUT2D eigenvalue weighted by atomic mass is 10.1. The van der Waals surface area contributed by atoms with Crippen LogP contribution in [0.1, 0.15) is 26.7 Å². The lowest BCUT2D eigenvalue weighted by Gasteiger charge is -2.14. The number of benzene rings is 1. The number of methoxy groups -OCH3 is 1. The van der Waals surface area contributed by atoms with E-state index in [4.69, 9.17) is 19.2 Å². The number of ether oxygens (including phenoxy) is 3. The van der Waals surface area contributed by atoms with Crippen molar-refractivity contribution in [3.63, 3.8) is 0 Å². The highest BCUT2D eigenvalue weighted by molar-refractivity contribution is 14.0. The Hall–Kier alpha value is -0.710. The summed E-state index contributed by atoms with van der Waals surface area (Å²) in [5, 5.41) is 6.72. The first-order valence-corrected chi connectivity index (χ1v) is 11.6. The summed E-state index contributed by atoms with van der Waals surface area (Å²) in [4.78, 5) is 5.92. The highest BCUT2D eigenvalue weighted by atomic mass is 127. The second-order valence-electron chi connectivity index (χ2n) is 7.37. The molecule has 1 aromatic carbocycles. The molecule has 0 aliphatic carbocycles. The molecule has 1 heterocycles. The molecule has 0 amide bonds. The summed E-state index contributed by atoms with van der Waals surface area (Å²) < 4.78 is 16.6. The predicted molar refractivity (Wildman–Crippen MR) is 137 cm³/mol. The van der Waals surface area contributed by atoms with Crippen molar-refractivity contribution in [3.8, 4) is 5.75 Å². The van der Waals surface area contributed by atoms with Gasteiger partial charge in [-0.1, -0.05) is 19.1 Å². The van der Waals surface area contributed by atoms with Crippen LogP contribution in [0.2, 0.25) is 0 Å². The van der Waals surface area contributed by atoms with Gasteiger partial charge in [0.25, 0.3) is 0 Å². The molecule has 8 heteroatoms. The summed E-state index contributed by atoms with van der Waals surface area (Å²) in [5.41, 5.74) is 0. The van der Waals surface area contributed by atoms with Gasteiger partial charge in [0.1, 0.15) is 5.75 Å². The van der Waals surface area contributed by atoms with E-state index in [0.29, 0.717) is 11.8 Å². The highest BCUT2D eigenvalue weighted by Crippen LogP contribution is 2.30. The molecule has 172 valence electrons. The standard InChI is InChI=1S/C22H37N3O3S.HI/c1-4-23-22(24-11-7-12-27-15-19-10-13-28-16-19)25-14-18(2)17-29-21-9-6-5-8-20(21)26-3;/h5-6,8-9,18-19H,4,7,10-17H2,1-3H3,(H2,23,24,25);1H. The largest absolute Gasteiger partial charge is 0.496 e. The number of halogens is 1. The smallest absolute Gasteiger partial charge is 0.191 e. The molecule has 30 heavy (non-hydrogen) atoms. The zero-order valence-corrected chi connectivity index (χ0v) is 21.7. The van der Waals surface area contributed by atoms with E-state index in [1.807, 2.05) is 30.0 Å². The Kier molecular flexibility index (Phi) is 15.4. The van der Waals surface area contributed by atoms with Gasteiger partial charge in [-0.15, -0.1) is 35.7 Å². The minimum Gasteiger partial charge on any atom is -0.496 e. The first-order chi connectivity index (χ1) is 14.2. The first kappa shape index (κ1) is 27.3. The third-order valence-electron chi connectivity index (χ3n) is 4.63. The van der Waals surface area contributed by atoms with Gasteiger partial charge in [-0.2, -0.15) is 0 Å². The van der Waals surface area contributed by atoms with Crippen LogP contribution in [0.5, 0.6) is 5.75 Å². The number of guanidine groups is 1. The van der Waals surface area contributed by atoms with Gasteiger partial charge in [-0.05, 0) is 37.8 Å². The van der Waals surface area contributed by atoms with Gasteiger partial charge < -0.3 is 24.8 Å². The zero-order chi connectivity index (χ0) is 20.7. The Morgan fingerprint density at radius 3 is 2.90 bits per heavy atom. The van der Waals surface area contributed by atoms with E-state index in [0.717, 1.165) is 76.4 Å². The van der Waals surface area contributed by atoms with Crippen LogP contribution in [0.3, 0.4) is 0 Å². The molecule has 1 aromatic rings. The fourth-order valence-electron chi connectivity index (χ4n) is 2.96. The van der Waals surface area contributed by atoms with Crippen LogP contribution in [0.25, 0.3) is 0 Å². The van der Waals surface area contributed by atoms with Gasteiger partial charge in [0, 0.05) is 49.4 Å². The highest BCUT2D eigenvalue weighted by Gasteiger charge is 2.15. The van der Waals surface area contributed by atoms with Crippen LogP contribution in [-0.2, 0) is 9.47 Å². The Balaban J connectivity index is 0.00000450. The molecule has 0 spiro atoms. The van der Waals surface area contributed by atoms with E-state index >= 15 is 0 Å². The molecular formula is C22H38IN3O3S. The van der Waals surface area contributed by atoms with Gasteiger partial charge in [0.2, 0.25) is 0 Å². The van der Waals surface area contributed by atoms with Crippen molar-refractivity contribution in [2.24, 2.45) is 16.8 Å². The number of para-hydroxylation sites is 1. The van der Waals surface area contributed by atoms with Crippen LogP contribution in [0, 0.1) is 11.8 Å². The molecule has 2 atom stereocenters. The predicted octanol–water partition coefficient (Wildman–Crippen LogP) is 4.04. The van der Waals surface area contributed by atoms with Crippen molar-refractivity contribution in [2.45, 2.75) is 31.6 Å². The number of aliphatic imine (C=N–C) groups is 1. The third kappa shape index (κ3) is 11.1. The van der Waals surface area contributed by atoms with E-state index in [1.54, 1.807) is 7.11 Å². The van der Waals surface area contributed by atoms with E-state index in [2.05, 4.69) is 30.5 Å². The summed E-state index contributed by atoms with van der Waals surface area (Å²) in [6, 6.07) is 8.15. The average Bonchev–Trinajstić information content (AvgIpc) is 3.26. The third-order valence-corrected chi connectivity index (χ3v) is 6.02. The first-order valence-electron chi connectivity index (χ1n) is 10.7. The van der Waals surface area contributed by atoms with Crippen molar-refractivity contribution in [2.75, 3.05) is 58.9 Å². The number of nitrogens with zero attached hydrogens (tertiary/aromatic N) is 1. The second kappa shape index (κ2) is 16.9. The Morgan fingerprint density at radius 1 is 1.33 bits per heavy atom. The molecule has 1 aliphatic rings. The van der Waals surface area contributed by atoms with Crippen LogP contribution in [0.15, 0.2) is 34.2 Å². The zero-order valence-electron chi connectivity index (χ0n) is 18.5. The lowest BCUT2D eigenvalue weighted by molar-refractivity contribution is 0.0888. The number of hydrogen-bond donors (Lipinski definition) is 2. The summed E-state index contributed by atoms with van der Waals surface area (Å²) in [7, 11) is 1.72. The van der Waals surface area contributed by atoms with Gasteiger partial charge >= 0.3 is 0 Å². The van der Waals surface area contributed by atoms with Crippen molar-refractivity contribution in [1.29, 1.82) is 0 Å². The van der Waals surface area contributed by atoms with Crippen molar-refractivity contribution < 1.29 is 14.2 Å². The van der Waals surface area contributed by atoms with Gasteiger partial charge in [-0.3, -0.25) is 4.99 Å². The van der Waals surface area contributed by atoms with E-state index in [-0.39, 0.29) is 24.0 Å². The summed E-state index contributed by atoms with van der Waals surface area (Å²) in [5.74, 6) is 3.87. The van der Waals surface area contributed by atoms with Crippen LogP contribution >= 0.6 is 35.7 Å². The van der Waals surface area contributed by atoms with E-state index < -0.39 is 0 Å². The molecule has 1 saturated heterocycles. The normalized spacial score (nSPS) is 17.3. The maximum absolute atomic E-state index is 5.76. The summed E-state index contributed by atoms with van der Waals surface area (Å²) in [6.07, 6.45) is 2.10. The molecule has 0 radical (unpaired) electrons. The second-order valence-corrected chi connectivity index (χ2v) is 8.43. The fourth-order valence-corrected chi connectivity index (χ4v) is 4.00. The number of hydrogen-bond acceptors (Lipinski definition) is 5. The minimum absolute atomic E-state index is 0. The Bertz CT molecular complexity index is 601. The Morgan fingerprint density at radius 2 is 2.17 bits per heavy atom. The molecule has 1 fully saturated rings. The number of rotatable bonds is 13. The molecular weight excluding hydrogens is 513 g/mol. The molecule has 2 unspecified atom stereocenters. The number of thioether (sulfide) groups is 1. The molecule has 1 aliphatic heterocycles. The van der Waals surface area contributed by atoms with Crippen LogP contribution in [0.4, 0.5) is 0 Å². The molecule has 0 bridgehead atoms.